The quantitative estimate of drug-likeness (QED) is 0.245. The molecule has 2 aliphatic heterocycles. The Morgan fingerprint density at radius 2 is 1.89 bits per heavy atom. The molecule has 0 saturated carbocycles. The van der Waals surface area contributed by atoms with Crippen LogP contribution in [-0.2, 0) is 13.1 Å². The Hall–Kier alpha value is -2.70. The van der Waals surface area contributed by atoms with Gasteiger partial charge in [0.05, 0.1) is 24.2 Å². The Morgan fingerprint density at radius 3 is 2.54 bits per heavy atom. The number of hydrogen-bond donors (Lipinski definition) is 6. The zero-order valence-electron chi connectivity index (χ0n) is 15.0. The van der Waals surface area contributed by atoms with Crippen LogP contribution in [-0.4, -0.2) is 64.9 Å². The fraction of sp³-hybridized carbons (Fsp3) is 0.412. The Balaban J connectivity index is 2.29. The molecule has 0 unspecified atom stereocenters. The standard InChI is InChI=1S/C17H21N5O6/c1-7-2-9-10(3-8(7)4-18)22(5-11(24)14(26)12(25)6-23)15-13(19-9)16(27)21-17(28)20-15/h2-3,11-12,14,23-26H,4-6,18H2,1H3,(H,21,27,28)/t11-,12+,14-/m1/s1. The number of aliphatic hydroxyl groups excluding tert-OH is 4. The number of nitrogens with one attached hydrogen (secondary N) is 1. The molecule has 3 rings (SSSR count). The number of aromatic nitrogens is 4. The van der Waals surface area contributed by atoms with Gasteiger partial charge in [-0.15, -0.1) is 0 Å². The molecule has 0 bridgehead atoms. The van der Waals surface area contributed by atoms with Gasteiger partial charge in [-0.2, -0.15) is 4.98 Å². The van der Waals surface area contributed by atoms with E-state index in [0.717, 1.165) is 11.1 Å². The monoisotopic (exact) mass is 391 g/mol. The molecule has 1 aromatic carbocycles. The van der Waals surface area contributed by atoms with Crippen LogP contribution in [0.3, 0.4) is 0 Å². The first-order valence-electron chi connectivity index (χ1n) is 8.56. The molecule has 0 radical (unpaired) electrons. The van der Waals surface area contributed by atoms with Gasteiger partial charge in [-0.05, 0) is 30.2 Å². The first kappa shape index (κ1) is 20.0. The van der Waals surface area contributed by atoms with Crippen molar-refractivity contribution in [1.29, 1.82) is 0 Å². The Bertz CT molecular complexity index is 1090. The minimum Gasteiger partial charge on any atom is -0.394 e. The van der Waals surface area contributed by atoms with E-state index in [1.54, 1.807) is 12.1 Å². The number of nitrogens with zero attached hydrogens (tertiary/aromatic N) is 3. The highest BCUT2D eigenvalue weighted by molar-refractivity contribution is 5.81. The Morgan fingerprint density at radius 1 is 1.18 bits per heavy atom. The van der Waals surface area contributed by atoms with Crippen molar-refractivity contribution in [2.45, 2.75) is 38.3 Å². The molecule has 0 saturated heterocycles. The van der Waals surface area contributed by atoms with Crippen molar-refractivity contribution < 1.29 is 20.4 Å². The molecule has 0 fully saturated rings. The summed E-state index contributed by atoms with van der Waals surface area (Å²) in [7, 11) is 0. The number of benzene rings is 1. The first-order chi connectivity index (χ1) is 13.3. The maximum atomic E-state index is 12.2. The zero-order valence-corrected chi connectivity index (χ0v) is 15.0. The molecule has 0 spiro atoms. The van der Waals surface area contributed by atoms with E-state index in [4.69, 9.17) is 10.8 Å². The summed E-state index contributed by atoms with van der Waals surface area (Å²) in [5.41, 5.74) is 6.47. The van der Waals surface area contributed by atoms with E-state index >= 15 is 0 Å². The fourth-order valence-electron chi connectivity index (χ4n) is 3.05. The highest BCUT2D eigenvalue weighted by Gasteiger charge is 2.27. The Kier molecular flexibility index (Phi) is 5.54. The SMILES string of the molecule is Cc1cc2nc3c(=O)[nH]c(=O)nc-3n(C[C@@H](O)[C@@H](O)[C@@H](O)CO)c2cc1CN. The van der Waals surface area contributed by atoms with Gasteiger partial charge in [-0.25, -0.2) is 9.78 Å². The first-order valence-corrected chi connectivity index (χ1v) is 8.56. The van der Waals surface area contributed by atoms with E-state index in [-0.39, 0.29) is 24.6 Å². The van der Waals surface area contributed by atoms with Crippen molar-refractivity contribution in [2.24, 2.45) is 5.73 Å². The number of fused-ring (bicyclic) bond motifs is 2. The number of H-pyrrole nitrogens is 1. The second-order valence-electron chi connectivity index (χ2n) is 6.55. The van der Waals surface area contributed by atoms with Crippen LogP contribution in [0.15, 0.2) is 21.7 Å². The molecule has 28 heavy (non-hydrogen) atoms. The largest absolute Gasteiger partial charge is 0.394 e. The second kappa shape index (κ2) is 7.73. The topological polar surface area (TPSA) is 188 Å². The van der Waals surface area contributed by atoms with Crippen LogP contribution in [0, 0.1) is 6.92 Å². The smallest absolute Gasteiger partial charge is 0.349 e. The predicted molar refractivity (Wildman–Crippen MR) is 98.8 cm³/mol. The van der Waals surface area contributed by atoms with Gasteiger partial charge < -0.3 is 30.7 Å². The summed E-state index contributed by atoms with van der Waals surface area (Å²) in [6.45, 7) is 0.984. The van der Waals surface area contributed by atoms with Gasteiger partial charge in [0.2, 0.25) is 0 Å². The molecule has 11 nitrogen and oxygen atoms in total. The van der Waals surface area contributed by atoms with E-state index in [1.165, 1.54) is 4.57 Å². The third-order valence-electron chi connectivity index (χ3n) is 4.63. The van der Waals surface area contributed by atoms with Gasteiger partial charge in [0.15, 0.2) is 11.5 Å². The summed E-state index contributed by atoms with van der Waals surface area (Å²) < 4.78 is 1.37. The van der Waals surface area contributed by atoms with E-state index in [1.807, 2.05) is 11.9 Å². The molecule has 3 atom stereocenters. The highest BCUT2D eigenvalue weighted by atomic mass is 16.4. The van der Waals surface area contributed by atoms with Gasteiger partial charge in [0.1, 0.15) is 18.3 Å². The summed E-state index contributed by atoms with van der Waals surface area (Å²) in [4.78, 5) is 34.0. The van der Waals surface area contributed by atoms with Gasteiger partial charge in [0.25, 0.3) is 5.56 Å². The molecular weight excluding hydrogens is 370 g/mol. The molecule has 7 N–H and O–H groups in total. The zero-order chi connectivity index (χ0) is 20.6. The number of rotatable bonds is 6. The molecule has 150 valence electrons. The average molecular weight is 391 g/mol. The van der Waals surface area contributed by atoms with Crippen LogP contribution in [0.4, 0.5) is 0 Å². The number of aliphatic hydroxyl groups is 4. The van der Waals surface area contributed by atoms with Crippen molar-refractivity contribution in [3.8, 4) is 11.5 Å². The molecule has 11 heteroatoms. The molecule has 2 aliphatic rings. The summed E-state index contributed by atoms with van der Waals surface area (Å²) >= 11 is 0. The van der Waals surface area contributed by atoms with E-state index in [2.05, 4.69) is 9.97 Å². The summed E-state index contributed by atoms with van der Waals surface area (Å²) in [6.07, 6.45) is -4.76. The number of aromatic amines is 1. The maximum absolute atomic E-state index is 12.2. The predicted octanol–water partition coefficient (Wildman–Crippen LogP) is -2.57. The van der Waals surface area contributed by atoms with Crippen LogP contribution in [0.1, 0.15) is 11.1 Å². The molecule has 0 aliphatic carbocycles. The van der Waals surface area contributed by atoms with Crippen molar-refractivity contribution >= 4 is 11.0 Å². The fourth-order valence-corrected chi connectivity index (χ4v) is 3.05. The van der Waals surface area contributed by atoms with Gasteiger partial charge >= 0.3 is 5.69 Å². The molecule has 2 heterocycles. The molecular formula is C17H21N5O6. The van der Waals surface area contributed by atoms with Gasteiger partial charge in [-0.3, -0.25) is 9.78 Å². The minimum absolute atomic E-state index is 0.0854. The van der Waals surface area contributed by atoms with E-state index < -0.39 is 36.2 Å². The number of hydrogen-bond acceptors (Lipinski definition) is 9. The van der Waals surface area contributed by atoms with E-state index in [9.17, 15) is 24.9 Å². The lowest BCUT2D eigenvalue weighted by Gasteiger charge is -2.25. The van der Waals surface area contributed by atoms with Crippen molar-refractivity contribution in [1.82, 2.24) is 19.5 Å². The van der Waals surface area contributed by atoms with Crippen LogP contribution in [0.5, 0.6) is 0 Å². The minimum atomic E-state index is -1.66. The number of nitrogens with two attached hydrogens (primary N) is 1. The molecule has 1 aromatic rings. The lowest BCUT2D eigenvalue weighted by Crippen LogP contribution is -2.42. The number of aryl methyl sites for hydroxylation is 1. The normalized spacial score (nSPS) is 15.1. The van der Waals surface area contributed by atoms with Crippen LogP contribution < -0.4 is 17.0 Å². The van der Waals surface area contributed by atoms with Crippen LogP contribution >= 0.6 is 0 Å². The maximum Gasteiger partial charge on any atom is 0.349 e. The third-order valence-corrected chi connectivity index (χ3v) is 4.63. The average Bonchev–Trinajstić information content (AvgIpc) is 2.66. The summed E-state index contributed by atoms with van der Waals surface area (Å²) in [5, 5.41) is 38.9. The van der Waals surface area contributed by atoms with Crippen LogP contribution in [0.2, 0.25) is 0 Å². The summed E-state index contributed by atoms with van der Waals surface area (Å²) in [5.74, 6) is -0.0854. The Labute approximate surface area is 158 Å². The highest BCUT2D eigenvalue weighted by Crippen LogP contribution is 2.24. The molecule has 0 amide bonds. The van der Waals surface area contributed by atoms with Crippen molar-refractivity contribution in [3.05, 3.63) is 44.1 Å². The lowest BCUT2D eigenvalue weighted by atomic mass is 10.1. The van der Waals surface area contributed by atoms with E-state index in [0.29, 0.717) is 11.0 Å². The third kappa shape index (κ3) is 3.53. The second-order valence-corrected chi connectivity index (χ2v) is 6.55. The lowest BCUT2D eigenvalue weighted by molar-refractivity contribution is -0.0802. The van der Waals surface area contributed by atoms with Crippen molar-refractivity contribution in [2.75, 3.05) is 6.61 Å². The van der Waals surface area contributed by atoms with Gasteiger partial charge in [-0.1, -0.05) is 0 Å². The van der Waals surface area contributed by atoms with Crippen LogP contribution in [0.25, 0.3) is 22.6 Å². The van der Waals surface area contributed by atoms with Gasteiger partial charge in [0, 0.05) is 6.54 Å². The van der Waals surface area contributed by atoms with Crippen molar-refractivity contribution in [3.63, 3.8) is 0 Å². The molecule has 0 aromatic heterocycles. The summed E-state index contributed by atoms with van der Waals surface area (Å²) in [6, 6.07) is 3.41.